The molecule has 3 rings (SSSR count). The van der Waals surface area contributed by atoms with Gasteiger partial charge in [0.15, 0.2) is 11.5 Å². The standard InChI is InChI=1S/C16H23NO2/c1-2-12-4-3-5-13(7-6-12)17-14-8-9-15-16(10-14)19-11-18-15/h8-10,12-13,17H,2-7,11H2,1H3. The molecular formula is C16H23NO2. The van der Waals surface area contributed by atoms with E-state index in [4.69, 9.17) is 9.47 Å². The number of hydrogen-bond donors (Lipinski definition) is 1. The third kappa shape index (κ3) is 2.96. The van der Waals surface area contributed by atoms with Crippen LogP contribution in [-0.2, 0) is 0 Å². The van der Waals surface area contributed by atoms with Crippen LogP contribution in [0.25, 0.3) is 0 Å². The van der Waals surface area contributed by atoms with Gasteiger partial charge in [0.1, 0.15) is 0 Å². The van der Waals surface area contributed by atoms with Gasteiger partial charge < -0.3 is 14.8 Å². The van der Waals surface area contributed by atoms with Crippen LogP contribution in [0.2, 0.25) is 0 Å². The molecule has 2 atom stereocenters. The van der Waals surface area contributed by atoms with E-state index >= 15 is 0 Å². The predicted octanol–water partition coefficient (Wildman–Crippen LogP) is 4.19. The number of nitrogens with one attached hydrogen (secondary N) is 1. The van der Waals surface area contributed by atoms with E-state index in [9.17, 15) is 0 Å². The highest BCUT2D eigenvalue weighted by Gasteiger charge is 2.19. The molecule has 1 aliphatic heterocycles. The van der Waals surface area contributed by atoms with Gasteiger partial charge in [0.25, 0.3) is 0 Å². The molecule has 0 spiro atoms. The predicted molar refractivity (Wildman–Crippen MR) is 76.8 cm³/mol. The van der Waals surface area contributed by atoms with E-state index in [0.717, 1.165) is 23.1 Å². The Bertz CT molecular complexity index is 433. The summed E-state index contributed by atoms with van der Waals surface area (Å²) in [5.41, 5.74) is 1.16. The molecule has 2 unspecified atom stereocenters. The van der Waals surface area contributed by atoms with Gasteiger partial charge in [-0.3, -0.25) is 0 Å². The van der Waals surface area contributed by atoms with Crippen LogP contribution in [0.1, 0.15) is 45.4 Å². The summed E-state index contributed by atoms with van der Waals surface area (Å²) in [5.74, 6) is 2.66. The quantitative estimate of drug-likeness (QED) is 0.828. The second-order valence-electron chi connectivity index (χ2n) is 5.69. The number of fused-ring (bicyclic) bond motifs is 1. The first-order chi connectivity index (χ1) is 9.35. The molecule has 0 saturated heterocycles. The van der Waals surface area contributed by atoms with Crippen LogP contribution in [0.15, 0.2) is 18.2 Å². The van der Waals surface area contributed by atoms with Crippen LogP contribution in [0, 0.1) is 5.92 Å². The highest BCUT2D eigenvalue weighted by Crippen LogP contribution is 2.35. The van der Waals surface area contributed by atoms with Gasteiger partial charge >= 0.3 is 0 Å². The van der Waals surface area contributed by atoms with Gasteiger partial charge in [0.2, 0.25) is 6.79 Å². The molecule has 1 heterocycles. The molecule has 104 valence electrons. The lowest BCUT2D eigenvalue weighted by Crippen LogP contribution is -2.18. The van der Waals surface area contributed by atoms with Gasteiger partial charge in [-0.25, -0.2) is 0 Å². The fourth-order valence-corrected chi connectivity index (χ4v) is 3.15. The number of anilines is 1. The van der Waals surface area contributed by atoms with Crippen molar-refractivity contribution >= 4 is 5.69 Å². The minimum absolute atomic E-state index is 0.348. The van der Waals surface area contributed by atoms with Crippen molar-refractivity contribution in [2.75, 3.05) is 12.1 Å². The average Bonchev–Trinajstić information content (AvgIpc) is 2.77. The summed E-state index contributed by atoms with van der Waals surface area (Å²) in [5, 5.41) is 3.66. The van der Waals surface area contributed by atoms with Gasteiger partial charge in [-0.15, -0.1) is 0 Å². The van der Waals surface area contributed by atoms with Gasteiger partial charge in [0, 0.05) is 17.8 Å². The van der Waals surface area contributed by atoms with Gasteiger partial charge in [-0.05, 0) is 37.3 Å². The smallest absolute Gasteiger partial charge is 0.231 e. The van der Waals surface area contributed by atoms with E-state index in [0.29, 0.717) is 12.8 Å². The molecule has 1 N–H and O–H groups in total. The fourth-order valence-electron chi connectivity index (χ4n) is 3.15. The van der Waals surface area contributed by atoms with Gasteiger partial charge in [-0.2, -0.15) is 0 Å². The van der Waals surface area contributed by atoms with Crippen molar-refractivity contribution in [3.05, 3.63) is 18.2 Å². The van der Waals surface area contributed by atoms with Crippen molar-refractivity contribution in [3.8, 4) is 11.5 Å². The molecule has 3 nitrogen and oxygen atoms in total. The van der Waals surface area contributed by atoms with E-state index in [1.54, 1.807) is 0 Å². The highest BCUT2D eigenvalue weighted by molar-refractivity contribution is 5.56. The summed E-state index contributed by atoms with van der Waals surface area (Å²) in [6.07, 6.45) is 8.00. The molecule has 0 amide bonds. The summed E-state index contributed by atoms with van der Waals surface area (Å²) < 4.78 is 10.8. The first kappa shape index (κ1) is 12.6. The zero-order chi connectivity index (χ0) is 13.1. The normalized spacial score (nSPS) is 25.9. The SMILES string of the molecule is CCC1CCCC(Nc2ccc3c(c2)OCO3)CC1. The second kappa shape index (κ2) is 5.72. The lowest BCUT2D eigenvalue weighted by Gasteiger charge is -2.18. The third-order valence-corrected chi connectivity index (χ3v) is 4.41. The Morgan fingerprint density at radius 2 is 2.00 bits per heavy atom. The van der Waals surface area contributed by atoms with E-state index in [1.807, 2.05) is 6.07 Å². The van der Waals surface area contributed by atoms with E-state index < -0.39 is 0 Å². The Kier molecular flexibility index (Phi) is 3.81. The summed E-state index contributed by atoms with van der Waals surface area (Å²) in [6, 6.07) is 6.76. The van der Waals surface area contributed by atoms with Crippen molar-refractivity contribution in [2.24, 2.45) is 5.92 Å². The molecule has 0 aromatic heterocycles. The molecular weight excluding hydrogens is 238 g/mol. The van der Waals surface area contributed by atoms with Gasteiger partial charge in [-0.1, -0.05) is 26.2 Å². The van der Waals surface area contributed by atoms with E-state index in [1.165, 1.54) is 38.5 Å². The topological polar surface area (TPSA) is 30.5 Å². The van der Waals surface area contributed by atoms with Crippen LogP contribution >= 0.6 is 0 Å². The Morgan fingerprint density at radius 1 is 1.11 bits per heavy atom. The molecule has 19 heavy (non-hydrogen) atoms. The van der Waals surface area contributed by atoms with E-state index in [2.05, 4.69) is 24.4 Å². The van der Waals surface area contributed by atoms with Crippen LogP contribution in [0.3, 0.4) is 0 Å². The number of hydrogen-bond acceptors (Lipinski definition) is 3. The lowest BCUT2D eigenvalue weighted by molar-refractivity contribution is 0.174. The minimum atomic E-state index is 0.348. The highest BCUT2D eigenvalue weighted by atomic mass is 16.7. The van der Waals surface area contributed by atoms with Crippen molar-refractivity contribution < 1.29 is 9.47 Å². The molecule has 1 aromatic carbocycles. The third-order valence-electron chi connectivity index (χ3n) is 4.41. The largest absolute Gasteiger partial charge is 0.454 e. The minimum Gasteiger partial charge on any atom is -0.454 e. The van der Waals surface area contributed by atoms with Crippen molar-refractivity contribution in [3.63, 3.8) is 0 Å². The number of rotatable bonds is 3. The monoisotopic (exact) mass is 261 g/mol. The zero-order valence-electron chi connectivity index (χ0n) is 11.7. The van der Waals surface area contributed by atoms with Crippen LogP contribution in [0.4, 0.5) is 5.69 Å². The summed E-state index contributed by atoms with van der Waals surface area (Å²) in [6.45, 7) is 2.66. The van der Waals surface area contributed by atoms with Crippen LogP contribution < -0.4 is 14.8 Å². The Hall–Kier alpha value is -1.38. The maximum absolute atomic E-state index is 5.43. The molecule has 1 fully saturated rings. The lowest BCUT2D eigenvalue weighted by atomic mass is 9.98. The maximum Gasteiger partial charge on any atom is 0.231 e. The Morgan fingerprint density at radius 3 is 2.89 bits per heavy atom. The zero-order valence-corrected chi connectivity index (χ0v) is 11.7. The Labute approximate surface area is 115 Å². The summed E-state index contributed by atoms with van der Waals surface area (Å²) in [7, 11) is 0. The van der Waals surface area contributed by atoms with Crippen LogP contribution in [0.5, 0.6) is 11.5 Å². The van der Waals surface area contributed by atoms with Crippen LogP contribution in [-0.4, -0.2) is 12.8 Å². The van der Waals surface area contributed by atoms with Gasteiger partial charge in [0.05, 0.1) is 0 Å². The first-order valence-electron chi connectivity index (χ1n) is 7.51. The molecule has 1 saturated carbocycles. The summed E-state index contributed by atoms with van der Waals surface area (Å²) >= 11 is 0. The fraction of sp³-hybridized carbons (Fsp3) is 0.625. The molecule has 1 aliphatic carbocycles. The van der Waals surface area contributed by atoms with Crippen molar-refractivity contribution in [1.29, 1.82) is 0 Å². The van der Waals surface area contributed by atoms with Crippen molar-refractivity contribution in [2.45, 2.75) is 51.5 Å². The molecule has 0 bridgehead atoms. The van der Waals surface area contributed by atoms with Crippen molar-refractivity contribution in [1.82, 2.24) is 0 Å². The maximum atomic E-state index is 5.43. The molecule has 0 radical (unpaired) electrons. The first-order valence-corrected chi connectivity index (χ1v) is 7.51. The number of benzene rings is 1. The molecule has 1 aromatic rings. The summed E-state index contributed by atoms with van der Waals surface area (Å²) in [4.78, 5) is 0. The average molecular weight is 261 g/mol. The molecule has 3 heteroatoms. The second-order valence-corrected chi connectivity index (χ2v) is 5.69. The Balaban J connectivity index is 1.61. The molecule has 2 aliphatic rings. The number of ether oxygens (including phenoxy) is 2. The van der Waals surface area contributed by atoms with E-state index in [-0.39, 0.29) is 0 Å².